The third-order valence-electron chi connectivity index (χ3n) is 3.85. The molecule has 2 rings (SSSR count). The number of nitro groups is 1. The molecule has 2 aromatic rings. The maximum atomic E-state index is 12.6. The third kappa shape index (κ3) is 5.18. The van der Waals surface area contributed by atoms with E-state index >= 15 is 0 Å². The predicted octanol–water partition coefficient (Wildman–Crippen LogP) is 4.21. The van der Waals surface area contributed by atoms with Crippen molar-refractivity contribution in [3.63, 3.8) is 0 Å². The van der Waals surface area contributed by atoms with Gasteiger partial charge in [-0.25, -0.2) is 0 Å². The van der Waals surface area contributed by atoms with E-state index in [4.69, 9.17) is 25.8 Å². The number of ether oxygens (including phenoxy) is 3. The number of non-ortho nitro benzene ring substituents is 1. The van der Waals surface area contributed by atoms with Crippen LogP contribution in [0.2, 0.25) is 5.02 Å². The molecule has 1 N–H and O–H groups in total. The second-order valence-electron chi connectivity index (χ2n) is 5.73. The van der Waals surface area contributed by atoms with Gasteiger partial charge >= 0.3 is 0 Å². The number of methoxy groups -OCH3 is 2. The number of anilines is 1. The Morgan fingerprint density at radius 3 is 2.57 bits per heavy atom. The minimum Gasteiger partial charge on any atom is -0.495 e. The van der Waals surface area contributed by atoms with E-state index in [2.05, 4.69) is 5.32 Å². The number of rotatable bonds is 8. The molecule has 1 amide bonds. The molecule has 0 radical (unpaired) electrons. The van der Waals surface area contributed by atoms with Gasteiger partial charge in [-0.2, -0.15) is 5.26 Å². The molecule has 9 nitrogen and oxygen atoms in total. The summed E-state index contributed by atoms with van der Waals surface area (Å²) in [5.74, 6) is 0.121. The van der Waals surface area contributed by atoms with E-state index in [0.29, 0.717) is 23.7 Å². The Morgan fingerprint density at radius 2 is 2.00 bits per heavy atom. The van der Waals surface area contributed by atoms with Crippen LogP contribution in [0.5, 0.6) is 17.2 Å². The van der Waals surface area contributed by atoms with E-state index in [1.54, 1.807) is 19.1 Å². The lowest BCUT2D eigenvalue weighted by atomic mass is 10.1. The molecule has 0 aliphatic rings. The lowest BCUT2D eigenvalue weighted by Gasteiger charge is -2.12. The van der Waals surface area contributed by atoms with Crippen molar-refractivity contribution in [2.45, 2.75) is 6.92 Å². The van der Waals surface area contributed by atoms with Gasteiger partial charge in [-0.1, -0.05) is 11.6 Å². The number of amides is 1. The monoisotopic (exact) mass is 431 g/mol. The highest BCUT2D eigenvalue weighted by Gasteiger charge is 2.17. The van der Waals surface area contributed by atoms with Gasteiger partial charge in [0.25, 0.3) is 11.6 Å². The molecule has 0 saturated heterocycles. The average Bonchev–Trinajstić information content (AvgIpc) is 2.71. The predicted molar refractivity (Wildman–Crippen MR) is 111 cm³/mol. The maximum Gasteiger partial charge on any atom is 0.271 e. The number of carbonyl (C=O) groups is 1. The summed E-state index contributed by atoms with van der Waals surface area (Å²) in [6, 6.07) is 8.63. The van der Waals surface area contributed by atoms with Crippen molar-refractivity contribution >= 4 is 35.0 Å². The van der Waals surface area contributed by atoms with Crippen molar-refractivity contribution < 1.29 is 23.9 Å². The minimum absolute atomic E-state index is 0.0561. The maximum absolute atomic E-state index is 12.6. The number of carbonyl (C=O) groups excluding carboxylic acids is 1. The van der Waals surface area contributed by atoms with Crippen LogP contribution in [-0.4, -0.2) is 31.7 Å². The zero-order valence-electron chi connectivity index (χ0n) is 16.4. The summed E-state index contributed by atoms with van der Waals surface area (Å²) in [6.07, 6.45) is 1.31. The first-order valence-electron chi connectivity index (χ1n) is 8.60. The number of benzene rings is 2. The van der Waals surface area contributed by atoms with Gasteiger partial charge in [-0.3, -0.25) is 14.9 Å². The number of hydrogen-bond acceptors (Lipinski definition) is 7. The van der Waals surface area contributed by atoms with Crippen molar-refractivity contribution in [3.05, 3.63) is 56.6 Å². The number of nitrogens with one attached hydrogen (secondary N) is 1. The van der Waals surface area contributed by atoms with Gasteiger partial charge in [0.1, 0.15) is 17.4 Å². The standard InChI is InChI=1S/C20H18ClN3O6/c1-4-30-18-9-12(8-15(21)19(18)29-3)7-13(11-22)20(25)23-16-10-14(24(26)27)5-6-17(16)28-2/h5-10H,4H2,1-3H3,(H,23,25)/b13-7+. The number of nitro benzene ring substituents is 1. The van der Waals surface area contributed by atoms with Gasteiger partial charge in [-0.15, -0.1) is 0 Å². The highest BCUT2D eigenvalue weighted by Crippen LogP contribution is 2.37. The molecule has 156 valence electrons. The van der Waals surface area contributed by atoms with E-state index in [-0.39, 0.29) is 27.7 Å². The van der Waals surface area contributed by atoms with Crippen molar-refractivity contribution in [3.8, 4) is 23.3 Å². The molecule has 0 heterocycles. The minimum atomic E-state index is -0.777. The SMILES string of the molecule is CCOc1cc(/C=C(\C#N)C(=O)Nc2cc([N+](=O)[O-])ccc2OC)cc(Cl)c1OC. The molecule has 0 atom stereocenters. The molecule has 0 saturated carbocycles. The van der Waals surface area contributed by atoms with Crippen LogP contribution >= 0.6 is 11.6 Å². The third-order valence-corrected chi connectivity index (χ3v) is 4.13. The fraction of sp³-hybridized carbons (Fsp3) is 0.200. The Labute approximate surface area is 177 Å². The number of halogens is 1. The molecular weight excluding hydrogens is 414 g/mol. The highest BCUT2D eigenvalue weighted by molar-refractivity contribution is 6.32. The van der Waals surface area contributed by atoms with Crippen LogP contribution in [0.3, 0.4) is 0 Å². The highest BCUT2D eigenvalue weighted by atomic mass is 35.5. The molecule has 30 heavy (non-hydrogen) atoms. The van der Waals surface area contributed by atoms with Crippen LogP contribution in [0.15, 0.2) is 35.9 Å². The molecule has 0 fully saturated rings. The Kier molecular flexibility index (Phi) is 7.61. The second-order valence-corrected chi connectivity index (χ2v) is 6.14. The molecule has 2 aromatic carbocycles. The fourth-order valence-electron chi connectivity index (χ4n) is 2.54. The van der Waals surface area contributed by atoms with Gasteiger partial charge in [-0.05, 0) is 36.8 Å². The summed E-state index contributed by atoms with van der Waals surface area (Å²) >= 11 is 6.19. The van der Waals surface area contributed by atoms with Crippen LogP contribution in [0, 0.1) is 21.4 Å². The fourth-order valence-corrected chi connectivity index (χ4v) is 2.84. The number of nitriles is 1. The van der Waals surface area contributed by atoms with Crippen molar-refractivity contribution in [1.82, 2.24) is 0 Å². The van der Waals surface area contributed by atoms with Crippen LogP contribution in [0.1, 0.15) is 12.5 Å². The first-order valence-corrected chi connectivity index (χ1v) is 8.98. The zero-order chi connectivity index (χ0) is 22.3. The van der Waals surface area contributed by atoms with Gasteiger partial charge in [0.2, 0.25) is 0 Å². The number of nitrogens with zero attached hydrogens (tertiary/aromatic N) is 2. The van der Waals surface area contributed by atoms with Crippen LogP contribution < -0.4 is 19.5 Å². The summed E-state index contributed by atoms with van der Waals surface area (Å²) < 4.78 is 15.8. The molecule has 0 aliphatic carbocycles. The van der Waals surface area contributed by atoms with E-state index in [0.717, 1.165) is 6.07 Å². The second kappa shape index (κ2) is 10.1. The average molecular weight is 432 g/mol. The molecule has 0 aliphatic heterocycles. The van der Waals surface area contributed by atoms with E-state index in [1.165, 1.54) is 38.5 Å². The summed E-state index contributed by atoms with van der Waals surface area (Å²) in [5.41, 5.74) is -0.00769. The van der Waals surface area contributed by atoms with E-state index < -0.39 is 10.8 Å². The topological polar surface area (TPSA) is 124 Å². The largest absolute Gasteiger partial charge is 0.495 e. The lowest BCUT2D eigenvalue weighted by Crippen LogP contribution is -2.14. The normalized spacial score (nSPS) is 10.7. The summed E-state index contributed by atoms with van der Waals surface area (Å²) in [4.78, 5) is 23.0. The summed E-state index contributed by atoms with van der Waals surface area (Å²) in [7, 11) is 2.80. The smallest absolute Gasteiger partial charge is 0.271 e. The lowest BCUT2D eigenvalue weighted by molar-refractivity contribution is -0.384. The van der Waals surface area contributed by atoms with E-state index in [1.807, 2.05) is 0 Å². The quantitative estimate of drug-likeness (QED) is 0.287. The van der Waals surface area contributed by atoms with Crippen LogP contribution in [0.25, 0.3) is 6.08 Å². The van der Waals surface area contributed by atoms with E-state index in [9.17, 15) is 20.2 Å². The Balaban J connectivity index is 2.40. The first-order chi connectivity index (χ1) is 14.3. The summed E-state index contributed by atoms with van der Waals surface area (Å²) in [6.45, 7) is 2.15. The molecular formula is C20H18ClN3O6. The van der Waals surface area contributed by atoms with Gasteiger partial charge in [0.05, 0.1) is 36.5 Å². The number of hydrogen-bond donors (Lipinski definition) is 1. The molecule has 10 heteroatoms. The molecule has 0 aromatic heterocycles. The van der Waals surface area contributed by atoms with Gasteiger partial charge in [0, 0.05) is 12.1 Å². The van der Waals surface area contributed by atoms with Crippen molar-refractivity contribution in [2.24, 2.45) is 0 Å². The van der Waals surface area contributed by atoms with Crippen LogP contribution in [0.4, 0.5) is 11.4 Å². The molecule has 0 bridgehead atoms. The Morgan fingerprint density at radius 1 is 1.27 bits per heavy atom. The van der Waals surface area contributed by atoms with Crippen molar-refractivity contribution in [2.75, 3.05) is 26.1 Å². The first kappa shape index (κ1) is 22.5. The zero-order valence-corrected chi connectivity index (χ0v) is 17.1. The molecule has 0 unspecified atom stereocenters. The van der Waals surface area contributed by atoms with Crippen LogP contribution in [-0.2, 0) is 4.79 Å². The molecule has 0 spiro atoms. The van der Waals surface area contributed by atoms with Gasteiger partial charge < -0.3 is 19.5 Å². The summed E-state index contributed by atoms with van der Waals surface area (Å²) in [5, 5.41) is 23.1. The Hall–Kier alpha value is -3.77. The van der Waals surface area contributed by atoms with Gasteiger partial charge in [0.15, 0.2) is 11.5 Å². The van der Waals surface area contributed by atoms with Crippen molar-refractivity contribution in [1.29, 1.82) is 5.26 Å². The Bertz CT molecular complexity index is 1050.